The smallest absolute Gasteiger partial charge is 0.311 e. The van der Waals surface area contributed by atoms with Crippen LogP contribution in [0.2, 0.25) is 0 Å². The number of carbonyl (C=O) groups is 1. The Morgan fingerprint density at radius 3 is 2.63 bits per heavy atom. The molecule has 0 amide bonds. The van der Waals surface area contributed by atoms with Crippen LogP contribution in [0.3, 0.4) is 0 Å². The Bertz CT molecular complexity index is 520. The van der Waals surface area contributed by atoms with Crippen molar-refractivity contribution in [2.24, 2.45) is 5.92 Å². The molecule has 108 valence electrons. The van der Waals surface area contributed by atoms with Crippen molar-refractivity contribution in [2.75, 3.05) is 6.61 Å². The molecule has 0 aromatic carbocycles. The summed E-state index contributed by atoms with van der Waals surface area (Å²) in [5.41, 5.74) is 0. The molecule has 0 saturated carbocycles. The lowest BCUT2D eigenvalue weighted by atomic mass is 10.1. The molecule has 0 fully saturated rings. The molecule has 0 aliphatic rings. The van der Waals surface area contributed by atoms with Gasteiger partial charge in [-0.25, -0.2) is 8.42 Å². The van der Waals surface area contributed by atoms with Gasteiger partial charge in [0.2, 0.25) is 0 Å². The summed E-state index contributed by atoms with van der Waals surface area (Å²) in [6, 6.07) is 2.98. The van der Waals surface area contributed by atoms with Gasteiger partial charge in [-0.2, -0.15) is 0 Å². The van der Waals surface area contributed by atoms with Crippen LogP contribution in [0.4, 0.5) is 0 Å². The van der Waals surface area contributed by atoms with Gasteiger partial charge in [-0.1, -0.05) is 13.8 Å². The van der Waals surface area contributed by atoms with Crippen molar-refractivity contribution >= 4 is 37.0 Å². The lowest BCUT2D eigenvalue weighted by molar-refractivity contribution is -0.142. The molecular weight excluding hydrogens is 308 g/mol. The first-order chi connectivity index (χ1) is 8.79. The molecule has 0 N–H and O–H groups in total. The van der Waals surface area contributed by atoms with Crippen LogP contribution >= 0.6 is 22.0 Å². The molecule has 7 heteroatoms. The summed E-state index contributed by atoms with van der Waals surface area (Å²) in [6.45, 7) is 4.63. The fourth-order valence-corrected chi connectivity index (χ4v) is 3.56. The first-order valence-corrected chi connectivity index (χ1v) is 9.10. The minimum Gasteiger partial charge on any atom is -0.465 e. The summed E-state index contributed by atoms with van der Waals surface area (Å²) in [4.78, 5) is 12.2. The Kier molecular flexibility index (Phi) is 6.29. The van der Waals surface area contributed by atoms with Crippen molar-refractivity contribution in [1.29, 1.82) is 0 Å². The van der Waals surface area contributed by atoms with E-state index in [-0.39, 0.29) is 16.6 Å². The Balaban J connectivity index is 2.39. The Labute approximate surface area is 122 Å². The van der Waals surface area contributed by atoms with E-state index in [2.05, 4.69) is 13.8 Å². The number of rotatable bonds is 7. The zero-order chi connectivity index (χ0) is 14.5. The van der Waals surface area contributed by atoms with E-state index in [0.717, 1.165) is 24.2 Å². The first kappa shape index (κ1) is 16.5. The van der Waals surface area contributed by atoms with E-state index >= 15 is 0 Å². The van der Waals surface area contributed by atoms with Crippen LogP contribution in [0.1, 0.15) is 31.6 Å². The number of esters is 1. The van der Waals surface area contributed by atoms with Crippen LogP contribution in [-0.4, -0.2) is 21.0 Å². The SMILES string of the molecule is CC(C)CCCOC(=O)Cc1ccc(S(=O)(=O)Cl)s1. The molecule has 19 heavy (non-hydrogen) atoms. The maximum absolute atomic E-state index is 11.5. The fourth-order valence-electron chi connectivity index (χ4n) is 1.46. The van der Waals surface area contributed by atoms with Gasteiger partial charge in [0.1, 0.15) is 4.21 Å². The predicted molar refractivity (Wildman–Crippen MR) is 76.1 cm³/mol. The van der Waals surface area contributed by atoms with Gasteiger partial charge in [-0.15, -0.1) is 11.3 Å². The largest absolute Gasteiger partial charge is 0.465 e. The number of hydrogen-bond donors (Lipinski definition) is 0. The third kappa shape index (κ3) is 6.40. The van der Waals surface area contributed by atoms with Crippen molar-refractivity contribution in [1.82, 2.24) is 0 Å². The van der Waals surface area contributed by atoms with Gasteiger partial charge in [0.05, 0.1) is 13.0 Å². The van der Waals surface area contributed by atoms with Crippen molar-refractivity contribution in [3.8, 4) is 0 Å². The van der Waals surface area contributed by atoms with Gasteiger partial charge < -0.3 is 4.74 Å². The second-order valence-electron chi connectivity index (χ2n) is 4.59. The number of halogens is 1. The zero-order valence-electron chi connectivity index (χ0n) is 10.9. The molecule has 1 aromatic heterocycles. The van der Waals surface area contributed by atoms with Gasteiger partial charge in [0, 0.05) is 15.6 Å². The topological polar surface area (TPSA) is 60.4 Å². The maximum atomic E-state index is 11.5. The molecule has 1 rings (SSSR count). The second kappa shape index (κ2) is 7.26. The summed E-state index contributed by atoms with van der Waals surface area (Å²) < 4.78 is 27.3. The van der Waals surface area contributed by atoms with Crippen LogP contribution in [0.15, 0.2) is 16.3 Å². The lowest BCUT2D eigenvalue weighted by Gasteiger charge is -2.05. The second-order valence-corrected chi connectivity index (χ2v) is 8.55. The van der Waals surface area contributed by atoms with Gasteiger partial charge in [-0.05, 0) is 30.9 Å². The summed E-state index contributed by atoms with van der Waals surface area (Å²) >= 11 is 0.992. The highest BCUT2D eigenvalue weighted by molar-refractivity contribution is 8.15. The zero-order valence-corrected chi connectivity index (χ0v) is 13.3. The monoisotopic (exact) mass is 324 g/mol. The molecule has 0 unspecified atom stereocenters. The molecule has 0 saturated heterocycles. The minimum atomic E-state index is -3.71. The normalized spacial score (nSPS) is 11.8. The summed E-state index contributed by atoms with van der Waals surface area (Å²) in [5, 5.41) is 0. The van der Waals surface area contributed by atoms with Crippen molar-refractivity contribution < 1.29 is 17.9 Å². The number of thiophene rings is 1. The van der Waals surface area contributed by atoms with Crippen molar-refractivity contribution in [3.63, 3.8) is 0 Å². The lowest BCUT2D eigenvalue weighted by Crippen LogP contribution is -2.08. The molecule has 1 aromatic rings. The van der Waals surface area contributed by atoms with E-state index in [4.69, 9.17) is 15.4 Å². The first-order valence-electron chi connectivity index (χ1n) is 5.98. The molecule has 0 radical (unpaired) electrons. The number of carbonyl (C=O) groups excluding carboxylic acids is 1. The van der Waals surface area contributed by atoms with Crippen LogP contribution in [0.25, 0.3) is 0 Å². The van der Waals surface area contributed by atoms with E-state index in [1.165, 1.54) is 6.07 Å². The van der Waals surface area contributed by atoms with E-state index in [1.807, 2.05) is 0 Å². The van der Waals surface area contributed by atoms with Gasteiger partial charge >= 0.3 is 5.97 Å². The van der Waals surface area contributed by atoms with Crippen LogP contribution in [0, 0.1) is 5.92 Å². The minimum absolute atomic E-state index is 0.0526. The van der Waals surface area contributed by atoms with Crippen molar-refractivity contribution in [3.05, 3.63) is 17.0 Å². The molecule has 0 bridgehead atoms. The molecule has 4 nitrogen and oxygen atoms in total. The summed E-state index contributed by atoms with van der Waals surface area (Å²) in [7, 11) is 1.50. The third-order valence-electron chi connectivity index (χ3n) is 2.38. The molecule has 0 aliphatic heterocycles. The highest BCUT2D eigenvalue weighted by atomic mass is 35.7. The molecule has 0 spiro atoms. The van der Waals surface area contributed by atoms with Gasteiger partial charge in [-0.3, -0.25) is 4.79 Å². The predicted octanol–water partition coefficient (Wildman–Crippen LogP) is 3.20. The summed E-state index contributed by atoms with van der Waals surface area (Å²) in [5.74, 6) is 0.247. The molecule has 0 aliphatic carbocycles. The van der Waals surface area contributed by atoms with Crippen LogP contribution in [-0.2, 0) is 25.0 Å². The Morgan fingerprint density at radius 2 is 2.11 bits per heavy atom. The maximum Gasteiger partial charge on any atom is 0.311 e. The average molecular weight is 325 g/mol. The average Bonchev–Trinajstić information content (AvgIpc) is 2.72. The van der Waals surface area contributed by atoms with E-state index < -0.39 is 9.05 Å². The highest BCUT2D eigenvalue weighted by Gasteiger charge is 2.15. The van der Waals surface area contributed by atoms with Crippen LogP contribution in [0.5, 0.6) is 0 Å². The quantitative estimate of drug-likeness (QED) is 0.439. The molecular formula is C12H17ClO4S2. The number of hydrogen-bond acceptors (Lipinski definition) is 5. The molecule has 1 heterocycles. The van der Waals surface area contributed by atoms with E-state index in [1.54, 1.807) is 6.07 Å². The molecule has 0 atom stereocenters. The van der Waals surface area contributed by atoms with E-state index in [9.17, 15) is 13.2 Å². The van der Waals surface area contributed by atoms with E-state index in [0.29, 0.717) is 17.4 Å². The number of ether oxygens (including phenoxy) is 1. The highest BCUT2D eigenvalue weighted by Crippen LogP contribution is 2.25. The fraction of sp³-hybridized carbons (Fsp3) is 0.583. The third-order valence-corrected chi connectivity index (χ3v) is 5.56. The summed E-state index contributed by atoms with van der Waals surface area (Å²) in [6.07, 6.45) is 1.94. The Hall–Kier alpha value is -0.590. The van der Waals surface area contributed by atoms with Gasteiger partial charge in [0.15, 0.2) is 0 Å². The Morgan fingerprint density at radius 1 is 1.42 bits per heavy atom. The van der Waals surface area contributed by atoms with Crippen LogP contribution < -0.4 is 0 Å². The van der Waals surface area contributed by atoms with Crippen molar-refractivity contribution in [2.45, 2.75) is 37.3 Å². The standard InChI is InChI=1S/C12H17ClO4S2/c1-9(2)4-3-7-17-11(14)8-10-5-6-12(18-10)19(13,15)16/h5-6,9H,3-4,7-8H2,1-2H3. The van der Waals surface area contributed by atoms with Gasteiger partial charge in [0.25, 0.3) is 9.05 Å².